The first kappa shape index (κ1) is 30.0. The van der Waals surface area contributed by atoms with Gasteiger partial charge < -0.3 is 9.47 Å². The summed E-state index contributed by atoms with van der Waals surface area (Å²) < 4.78 is 2.36. The van der Waals surface area contributed by atoms with Crippen LogP contribution in [0.2, 0.25) is 0 Å². The number of fused-ring (bicyclic) bond motifs is 3. The van der Waals surface area contributed by atoms with Crippen molar-refractivity contribution < 1.29 is 0 Å². The minimum atomic E-state index is 0.749. The molecule has 0 atom stereocenters. The van der Waals surface area contributed by atoms with Gasteiger partial charge in [-0.15, -0.1) is 0 Å². The monoisotopic (exact) mass is 628 g/mol. The van der Waals surface area contributed by atoms with Crippen molar-refractivity contribution in [3.8, 4) is 27.9 Å². The summed E-state index contributed by atoms with van der Waals surface area (Å²) in [6.07, 6.45) is 4.31. The van der Waals surface area contributed by atoms with E-state index in [4.69, 9.17) is 0 Å². The Balaban J connectivity index is 0.993. The smallest absolute Gasteiger partial charge is 0.0541 e. The molecule has 0 aliphatic carbocycles. The molecule has 0 unspecified atom stereocenters. The van der Waals surface area contributed by atoms with Crippen molar-refractivity contribution in [2.24, 2.45) is 0 Å². The van der Waals surface area contributed by atoms with Gasteiger partial charge in [-0.2, -0.15) is 0 Å². The van der Waals surface area contributed by atoms with Crippen molar-refractivity contribution in [3.05, 3.63) is 206 Å². The highest BCUT2D eigenvalue weighted by atomic mass is 15.1. The lowest BCUT2D eigenvalue weighted by molar-refractivity contribution is 1.10. The fourth-order valence-electron chi connectivity index (χ4n) is 6.71. The third-order valence-electron chi connectivity index (χ3n) is 9.24. The van der Waals surface area contributed by atoms with Crippen LogP contribution in [0.4, 0.5) is 11.4 Å². The molecule has 49 heavy (non-hydrogen) atoms. The van der Waals surface area contributed by atoms with Crippen LogP contribution >= 0.6 is 0 Å². The number of nitrogens with zero attached hydrogens (tertiary/aromatic N) is 2. The number of anilines is 2. The van der Waals surface area contributed by atoms with Crippen LogP contribution in [0, 0.1) is 0 Å². The van der Waals surface area contributed by atoms with Crippen molar-refractivity contribution >= 4 is 38.8 Å². The van der Waals surface area contributed by atoms with Gasteiger partial charge in [0.05, 0.1) is 11.0 Å². The number of aromatic nitrogens is 1. The van der Waals surface area contributed by atoms with Crippen molar-refractivity contribution in [2.45, 2.75) is 0 Å². The summed E-state index contributed by atoms with van der Waals surface area (Å²) in [5.41, 5.74) is 12.8. The quantitative estimate of drug-likeness (QED) is 0.144. The molecule has 0 spiro atoms. The van der Waals surface area contributed by atoms with Gasteiger partial charge in [0.15, 0.2) is 0 Å². The topological polar surface area (TPSA) is 8.17 Å². The minimum absolute atomic E-state index is 0.749. The lowest BCUT2D eigenvalue weighted by Gasteiger charge is -2.23. The van der Waals surface area contributed by atoms with Gasteiger partial charge in [-0.1, -0.05) is 146 Å². The van der Waals surface area contributed by atoms with E-state index in [1.54, 1.807) is 0 Å². The Kier molecular flexibility index (Phi) is 8.19. The van der Waals surface area contributed by atoms with Crippen LogP contribution in [0.15, 0.2) is 201 Å². The van der Waals surface area contributed by atoms with E-state index in [-0.39, 0.29) is 0 Å². The number of hydrogen-bond acceptors (Lipinski definition) is 1. The Morgan fingerprint density at radius 2 is 0.980 bits per heavy atom. The molecule has 2 nitrogen and oxygen atoms in total. The summed E-state index contributed by atoms with van der Waals surface area (Å²) in [4.78, 5) is 2.30. The van der Waals surface area contributed by atoms with E-state index in [9.17, 15) is 0 Å². The molecule has 7 aromatic carbocycles. The molecule has 0 radical (unpaired) electrons. The lowest BCUT2D eigenvalue weighted by Crippen LogP contribution is -2.16. The van der Waals surface area contributed by atoms with Gasteiger partial charge in [0.1, 0.15) is 0 Å². The van der Waals surface area contributed by atoms with Gasteiger partial charge in [-0.3, -0.25) is 0 Å². The molecule has 0 aliphatic rings. The third kappa shape index (κ3) is 6.08. The number of rotatable bonds is 9. The van der Waals surface area contributed by atoms with Crippen molar-refractivity contribution in [1.29, 1.82) is 0 Å². The fourth-order valence-corrected chi connectivity index (χ4v) is 6.71. The molecule has 1 aromatic heterocycles. The first-order chi connectivity index (χ1) is 24.2. The average Bonchev–Trinajstić information content (AvgIpc) is 3.51. The van der Waals surface area contributed by atoms with Gasteiger partial charge in [-0.25, -0.2) is 0 Å². The van der Waals surface area contributed by atoms with E-state index in [0.717, 1.165) is 29.1 Å². The molecule has 8 rings (SSSR count). The first-order valence-electron chi connectivity index (χ1n) is 16.8. The second-order valence-corrected chi connectivity index (χ2v) is 12.3. The molecule has 2 heteroatoms. The number of allylic oxidation sites excluding steroid dienone is 2. The summed E-state index contributed by atoms with van der Waals surface area (Å²) in [7, 11) is 0. The summed E-state index contributed by atoms with van der Waals surface area (Å²) >= 11 is 0. The highest BCUT2D eigenvalue weighted by Crippen LogP contribution is 2.35. The maximum Gasteiger partial charge on any atom is 0.0541 e. The molecule has 0 saturated heterocycles. The van der Waals surface area contributed by atoms with Crippen LogP contribution in [0.3, 0.4) is 0 Å². The second-order valence-electron chi connectivity index (χ2n) is 12.3. The largest absolute Gasteiger partial charge is 0.338 e. The zero-order valence-electron chi connectivity index (χ0n) is 27.3. The van der Waals surface area contributed by atoms with E-state index >= 15 is 0 Å². The maximum absolute atomic E-state index is 4.37. The highest BCUT2D eigenvalue weighted by molar-refractivity contribution is 6.10. The number of para-hydroxylation sites is 4. The third-order valence-corrected chi connectivity index (χ3v) is 9.24. The van der Waals surface area contributed by atoms with Crippen LogP contribution in [-0.4, -0.2) is 11.1 Å². The molecule has 1 heterocycles. The normalized spacial score (nSPS) is 11.3. The molecule has 0 saturated carbocycles. The van der Waals surface area contributed by atoms with Crippen LogP contribution in [0.5, 0.6) is 0 Å². The minimum Gasteiger partial charge on any atom is -0.338 e. The Labute approximate surface area is 288 Å². The summed E-state index contributed by atoms with van der Waals surface area (Å²) in [6.45, 7) is 5.12. The van der Waals surface area contributed by atoms with Crippen LogP contribution < -0.4 is 4.90 Å². The predicted molar refractivity (Wildman–Crippen MR) is 210 cm³/mol. The average molecular weight is 629 g/mol. The Hall–Kier alpha value is -6.38. The van der Waals surface area contributed by atoms with E-state index in [2.05, 4.69) is 210 Å². The van der Waals surface area contributed by atoms with Gasteiger partial charge in [-0.05, 0) is 88.0 Å². The molecule has 0 bridgehead atoms. The molecular weight excluding hydrogens is 593 g/mol. The highest BCUT2D eigenvalue weighted by Gasteiger charge is 2.13. The molecule has 0 N–H and O–H groups in total. The SMILES string of the molecule is C=C(/C=C\CN(c1ccccc1)c1ccccc1)c1ccc(-c2ccc(-c3ccc4c(c3)c3ccccc3n4-c3ccccc3)cc2)cc1. The zero-order chi connectivity index (χ0) is 33.0. The van der Waals surface area contributed by atoms with Gasteiger partial charge in [0.2, 0.25) is 0 Å². The Bertz CT molecular complexity index is 2340. The molecule has 0 fully saturated rings. The zero-order valence-corrected chi connectivity index (χ0v) is 27.3. The number of hydrogen-bond donors (Lipinski definition) is 0. The summed E-state index contributed by atoms with van der Waals surface area (Å²) in [5, 5.41) is 2.53. The van der Waals surface area contributed by atoms with Gasteiger partial charge >= 0.3 is 0 Å². The predicted octanol–water partition coefficient (Wildman–Crippen LogP) is 12.5. The van der Waals surface area contributed by atoms with Crippen molar-refractivity contribution in [3.63, 3.8) is 0 Å². The van der Waals surface area contributed by atoms with Crippen LogP contribution in [-0.2, 0) is 0 Å². The maximum atomic E-state index is 4.37. The van der Waals surface area contributed by atoms with E-state index < -0.39 is 0 Å². The van der Waals surface area contributed by atoms with Crippen molar-refractivity contribution in [2.75, 3.05) is 11.4 Å². The number of benzene rings is 7. The summed E-state index contributed by atoms with van der Waals surface area (Å²) in [5.74, 6) is 0. The van der Waals surface area contributed by atoms with Crippen LogP contribution in [0.25, 0.3) is 55.3 Å². The molecule has 0 amide bonds. The van der Waals surface area contributed by atoms with Crippen molar-refractivity contribution in [1.82, 2.24) is 4.57 Å². The summed E-state index contributed by atoms with van der Waals surface area (Å²) in [6, 6.07) is 64.7. The first-order valence-corrected chi connectivity index (χ1v) is 16.8. The van der Waals surface area contributed by atoms with Gasteiger partial charge in [0, 0.05) is 34.4 Å². The van der Waals surface area contributed by atoms with E-state index in [1.807, 2.05) is 0 Å². The molecular formula is C47H36N2. The second kappa shape index (κ2) is 13.4. The van der Waals surface area contributed by atoms with E-state index in [0.29, 0.717) is 0 Å². The van der Waals surface area contributed by atoms with E-state index in [1.165, 1.54) is 49.7 Å². The Morgan fingerprint density at radius 1 is 0.490 bits per heavy atom. The standard InChI is InChI=1S/C47H36N2/c1-35(14-13-33-48(41-15-5-2-6-16-41)42-17-7-3-8-18-42)36-23-25-37(26-24-36)38-27-29-39(30-28-38)40-31-32-47-45(34-40)44-21-11-12-22-46(44)49(47)43-19-9-4-10-20-43/h2-32,34H,1,33H2/b14-13-. The molecule has 0 aliphatic heterocycles. The fraction of sp³-hybridized carbons (Fsp3) is 0.0213. The van der Waals surface area contributed by atoms with Crippen LogP contribution in [0.1, 0.15) is 5.56 Å². The molecule has 234 valence electrons. The Morgan fingerprint density at radius 3 is 1.61 bits per heavy atom. The van der Waals surface area contributed by atoms with Gasteiger partial charge in [0.25, 0.3) is 0 Å². The molecule has 8 aromatic rings. The lowest BCUT2D eigenvalue weighted by atomic mass is 9.97.